The minimum Gasteiger partial charge on any atom is -0.383 e. The molecule has 7 nitrogen and oxygen atoms in total. The van der Waals surface area contributed by atoms with Crippen LogP contribution >= 0.6 is 22.6 Å². The molecule has 0 atom stereocenters. The van der Waals surface area contributed by atoms with Crippen molar-refractivity contribution in [3.05, 3.63) is 10.0 Å². The van der Waals surface area contributed by atoms with Crippen molar-refractivity contribution in [1.82, 2.24) is 24.6 Å². The van der Waals surface area contributed by atoms with Gasteiger partial charge in [0, 0.05) is 19.5 Å². The second kappa shape index (κ2) is 5.74. The van der Waals surface area contributed by atoms with Crippen LogP contribution in [0.4, 0.5) is 5.82 Å². The lowest BCUT2D eigenvalue weighted by Gasteiger charge is -2.32. The van der Waals surface area contributed by atoms with E-state index in [4.69, 9.17) is 5.73 Å². The van der Waals surface area contributed by atoms with Gasteiger partial charge in [0.2, 0.25) is 5.91 Å². The average molecular weight is 400 g/mol. The summed E-state index contributed by atoms with van der Waals surface area (Å²) < 4.78 is 2.77. The lowest BCUT2D eigenvalue weighted by molar-refractivity contribution is -0.132. The monoisotopic (exact) mass is 400 g/mol. The number of likely N-dealkylation sites (tertiary alicyclic amines) is 1. The summed E-state index contributed by atoms with van der Waals surface area (Å²) in [5.74, 6) is 0.689. The van der Waals surface area contributed by atoms with E-state index in [0.717, 1.165) is 40.7 Å². The summed E-state index contributed by atoms with van der Waals surface area (Å²) in [7, 11) is 0. The van der Waals surface area contributed by atoms with Crippen LogP contribution in [0.1, 0.15) is 32.2 Å². The Morgan fingerprint density at radius 1 is 1.43 bits per heavy atom. The van der Waals surface area contributed by atoms with E-state index in [1.54, 1.807) is 0 Å². The van der Waals surface area contributed by atoms with Gasteiger partial charge < -0.3 is 10.6 Å². The number of aromatic nitrogens is 4. The highest BCUT2D eigenvalue weighted by Gasteiger charge is 2.26. The zero-order valence-corrected chi connectivity index (χ0v) is 13.9. The molecule has 0 saturated carbocycles. The van der Waals surface area contributed by atoms with E-state index in [9.17, 15) is 4.79 Å². The molecule has 3 rings (SSSR count). The first-order chi connectivity index (χ1) is 10.1. The fraction of sp³-hybridized carbons (Fsp3) is 0.538. The van der Waals surface area contributed by atoms with Gasteiger partial charge in [0.05, 0.1) is 11.4 Å². The number of halogens is 1. The highest BCUT2D eigenvalue weighted by molar-refractivity contribution is 14.1. The number of anilines is 1. The first kappa shape index (κ1) is 14.5. The second-order valence-corrected chi connectivity index (χ2v) is 6.18. The van der Waals surface area contributed by atoms with Crippen LogP contribution in [-0.4, -0.2) is 43.6 Å². The third-order valence-corrected chi connectivity index (χ3v) is 4.70. The Kier molecular flexibility index (Phi) is 3.96. The number of piperidine rings is 1. The molecule has 0 aliphatic carbocycles. The van der Waals surface area contributed by atoms with Crippen LogP contribution in [0.5, 0.6) is 0 Å². The van der Waals surface area contributed by atoms with Crippen LogP contribution in [0, 0.1) is 3.70 Å². The van der Waals surface area contributed by atoms with Crippen LogP contribution in [0.3, 0.4) is 0 Å². The zero-order valence-electron chi connectivity index (χ0n) is 11.8. The maximum Gasteiger partial charge on any atom is 0.222 e. The Balaban J connectivity index is 1.86. The number of carbonyl (C=O) groups is 1. The Bertz CT molecular complexity index is 677. The summed E-state index contributed by atoms with van der Waals surface area (Å²) in [4.78, 5) is 22.0. The lowest BCUT2D eigenvalue weighted by Crippen LogP contribution is -2.38. The van der Waals surface area contributed by atoms with Crippen LogP contribution in [0.25, 0.3) is 11.0 Å². The molecular formula is C13H17IN6O. The summed E-state index contributed by atoms with van der Waals surface area (Å²) in [6.45, 7) is 3.45. The van der Waals surface area contributed by atoms with Gasteiger partial charge in [-0.2, -0.15) is 5.10 Å². The predicted octanol–water partition coefficient (Wildman–Crippen LogP) is 1.59. The Labute approximate surface area is 136 Å². The summed E-state index contributed by atoms with van der Waals surface area (Å²) in [6.07, 6.45) is 3.82. The molecule has 2 aromatic rings. The second-order valence-electron chi connectivity index (χ2n) is 5.16. The predicted molar refractivity (Wildman–Crippen MR) is 87.6 cm³/mol. The Morgan fingerprint density at radius 3 is 2.81 bits per heavy atom. The van der Waals surface area contributed by atoms with Crippen molar-refractivity contribution in [2.45, 2.75) is 32.2 Å². The SMILES string of the molecule is CCC(=O)N1CCC(n2nc(I)c3c(N)ncnc32)CC1. The molecule has 2 N–H and O–H groups in total. The highest BCUT2D eigenvalue weighted by Crippen LogP contribution is 2.29. The molecule has 1 saturated heterocycles. The molecule has 0 aromatic carbocycles. The maximum atomic E-state index is 11.7. The van der Waals surface area contributed by atoms with E-state index < -0.39 is 0 Å². The van der Waals surface area contributed by atoms with Gasteiger partial charge in [-0.3, -0.25) is 4.79 Å². The van der Waals surface area contributed by atoms with Crippen molar-refractivity contribution in [1.29, 1.82) is 0 Å². The van der Waals surface area contributed by atoms with E-state index >= 15 is 0 Å². The number of fused-ring (bicyclic) bond motifs is 1. The molecule has 8 heteroatoms. The first-order valence-electron chi connectivity index (χ1n) is 7.03. The number of nitrogen functional groups attached to an aromatic ring is 1. The molecule has 0 bridgehead atoms. The topological polar surface area (TPSA) is 89.9 Å². The molecule has 3 heterocycles. The number of carbonyl (C=O) groups excluding carboxylic acids is 1. The minimum atomic E-state index is 0.222. The number of nitrogens with two attached hydrogens (primary N) is 1. The van der Waals surface area contributed by atoms with Gasteiger partial charge >= 0.3 is 0 Å². The largest absolute Gasteiger partial charge is 0.383 e. The molecule has 1 aliphatic rings. The summed E-state index contributed by atoms with van der Waals surface area (Å²) in [5.41, 5.74) is 6.70. The van der Waals surface area contributed by atoms with Crippen molar-refractivity contribution < 1.29 is 4.79 Å². The zero-order chi connectivity index (χ0) is 15.0. The molecule has 1 aliphatic heterocycles. The van der Waals surface area contributed by atoms with Crippen LogP contribution in [0.2, 0.25) is 0 Å². The minimum absolute atomic E-state index is 0.222. The Hall–Kier alpha value is -1.45. The van der Waals surface area contributed by atoms with Gasteiger partial charge in [-0.05, 0) is 35.4 Å². The smallest absolute Gasteiger partial charge is 0.222 e. The molecule has 0 unspecified atom stereocenters. The van der Waals surface area contributed by atoms with Crippen LogP contribution in [0.15, 0.2) is 6.33 Å². The van der Waals surface area contributed by atoms with E-state index in [-0.39, 0.29) is 11.9 Å². The van der Waals surface area contributed by atoms with Crippen molar-refractivity contribution in [2.75, 3.05) is 18.8 Å². The van der Waals surface area contributed by atoms with E-state index in [1.807, 2.05) is 16.5 Å². The quantitative estimate of drug-likeness (QED) is 0.774. The fourth-order valence-electron chi connectivity index (χ4n) is 2.79. The van der Waals surface area contributed by atoms with Gasteiger partial charge in [0.1, 0.15) is 15.8 Å². The van der Waals surface area contributed by atoms with Crippen molar-refractivity contribution in [3.8, 4) is 0 Å². The summed E-state index contributed by atoms with van der Waals surface area (Å²) >= 11 is 2.16. The summed E-state index contributed by atoms with van der Waals surface area (Å²) in [6, 6.07) is 0.256. The van der Waals surface area contributed by atoms with E-state index in [2.05, 4.69) is 37.7 Å². The number of hydrogen-bond acceptors (Lipinski definition) is 5. The average Bonchev–Trinajstić information content (AvgIpc) is 2.85. The Morgan fingerprint density at radius 2 is 2.14 bits per heavy atom. The number of amides is 1. The van der Waals surface area contributed by atoms with Crippen molar-refractivity contribution in [3.63, 3.8) is 0 Å². The standard InChI is InChI=1S/C13H17IN6O/c1-2-9(21)19-5-3-8(4-6-19)20-13-10(11(14)18-20)12(15)16-7-17-13/h7-8H,2-6H2,1H3,(H2,15,16,17). The van der Waals surface area contributed by atoms with Gasteiger partial charge in [-0.25, -0.2) is 14.6 Å². The molecule has 1 fully saturated rings. The normalized spacial score (nSPS) is 16.6. The highest BCUT2D eigenvalue weighted by atomic mass is 127. The third-order valence-electron chi connectivity index (χ3n) is 3.94. The molecule has 0 radical (unpaired) electrons. The fourth-order valence-corrected chi connectivity index (χ4v) is 3.54. The molecule has 1 amide bonds. The third kappa shape index (κ3) is 2.56. The maximum absolute atomic E-state index is 11.7. The number of hydrogen-bond donors (Lipinski definition) is 1. The van der Waals surface area contributed by atoms with Crippen LogP contribution < -0.4 is 5.73 Å². The molecule has 2 aromatic heterocycles. The van der Waals surface area contributed by atoms with Crippen LogP contribution in [-0.2, 0) is 4.79 Å². The van der Waals surface area contributed by atoms with Gasteiger partial charge in [-0.15, -0.1) is 0 Å². The number of rotatable bonds is 2. The number of nitrogens with zero attached hydrogens (tertiary/aromatic N) is 5. The molecule has 0 spiro atoms. The van der Waals surface area contributed by atoms with Gasteiger partial charge in [0.15, 0.2) is 5.65 Å². The molecule has 112 valence electrons. The van der Waals surface area contributed by atoms with Gasteiger partial charge in [-0.1, -0.05) is 6.92 Å². The van der Waals surface area contributed by atoms with Crippen molar-refractivity contribution in [2.24, 2.45) is 0 Å². The van der Waals surface area contributed by atoms with E-state index in [0.29, 0.717) is 12.2 Å². The van der Waals surface area contributed by atoms with Crippen molar-refractivity contribution >= 4 is 45.3 Å². The van der Waals surface area contributed by atoms with Gasteiger partial charge in [0.25, 0.3) is 0 Å². The molecule has 21 heavy (non-hydrogen) atoms. The summed E-state index contributed by atoms with van der Waals surface area (Å²) in [5, 5.41) is 5.41. The lowest BCUT2D eigenvalue weighted by atomic mass is 10.0. The molecular weight excluding hydrogens is 383 g/mol. The van der Waals surface area contributed by atoms with E-state index in [1.165, 1.54) is 6.33 Å². The first-order valence-corrected chi connectivity index (χ1v) is 8.11.